The maximum absolute atomic E-state index is 4.62. The molecule has 1 heterocycles. The molecule has 0 aliphatic heterocycles. The summed E-state index contributed by atoms with van der Waals surface area (Å²) < 4.78 is 5.49. The van der Waals surface area contributed by atoms with Gasteiger partial charge in [-0.3, -0.25) is 0 Å². The Morgan fingerprint density at radius 1 is 1.28 bits per heavy atom. The standard InChI is InChI=1S/C13H22N2S3/c1-2-11-14-12(18-15-11)17-10-13(9-16)7-5-3-4-6-8-13/h16H,2-10H2,1H3. The molecule has 0 spiro atoms. The van der Waals surface area contributed by atoms with Gasteiger partial charge in [-0.1, -0.05) is 44.4 Å². The van der Waals surface area contributed by atoms with Crippen LogP contribution in [-0.4, -0.2) is 20.9 Å². The molecule has 1 aromatic heterocycles. The van der Waals surface area contributed by atoms with Crippen molar-refractivity contribution in [1.29, 1.82) is 0 Å². The third kappa shape index (κ3) is 3.87. The van der Waals surface area contributed by atoms with Crippen molar-refractivity contribution in [2.45, 2.75) is 56.2 Å². The lowest BCUT2D eigenvalue weighted by molar-refractivity contribution is 0.332. The minimum Gasteiger partial charge on any atom is -0.213 e. The predicted molar refractivity (Wildman–Crippen MR) is 84.0 cm³/mol. The van der Waals surface area contributed by atoms with Crippen molar-refractivity contribution in [2.75, 3.05) is 11.5 Å². The number of thioether (sulfide) groups is 1. The smallest absolute Gasteiger partial charge is 0.170 e. The maximum Gasteiger partial charge on any atom is 0.170 e. The molecule has 2 rings (SSSR count). The zero-order chi connectivity index (χ0) is 12.8. The fourth-order valence-electron chi connectivity index (χ4n) is 2.48. The maximum atomic E-state index is 4.62. The average molecular weight is 303 g/mol. The Labute approximate surface area is 124 Å². The van der Waals surface area contributed by atoms with Crippen LogP contribution in [0.3, 0.4) is 0 Å². The van der Waals surface area contributed by atoms with E-state index in [-0.39, 0.29) is 0 Å². The van der Waals surface area contributed by atoms with E-state index in [0.717, 1.165) is 28.1 Å². The summed E-state index contributed by atoms with van der Waals surface area (Å²) in [6.07, 6.45) is 9.16. The third-order valence-corrected chi connectivity index (χ3v) is 6.66. The summed E-state index contributed by atoms with van der Waals surface area (Å²) in [4.78, 5) is 4.55. The molecule has 2 nitrogen and oxygen atoms in total. The van der Waals surface area contributed by atoms with Gasteiger partial charge in [0.1, 0.15) is 5.82 Å². The summed E-state index contributed by atoms with van der Waals surface area (Å²) in [6, 6.07) is 0. The van der Waals surface area contributed by atoms with Crippen LogP contribution in [0.2, 0.25) is 0 Å². The highest BCUT2D eigenvalue weighted by Crippen LogP contribution is 2.40. The SMILES string of the molecule is CCc1nsc(SCC2(CS)CCCCCC2)n1. The van der Waals surface area contributed by atoms with Gasteiger partial charge in [0.25, 0.3) is 0 Å². The topological polar surface area (TPSA) is 25.8 Å². The molecular formula is C13H22N2S3. The van der Waals surface area contributed by atoms with E-state index in [2.05, 4.69) is 28.9 Å². The molecule has 1 fully saturated rings. The minimum atomic E-state index is 0.433. The van der Waals surface area contributed by atoms with Crippen LogP contribution in [0, 0.1) is 5.41 Å². The van der Waals surface area contributed by atoms with Crippen LogP contribution in [0.5, 0.6) is 0 Å². The van der Waals surface area contributed by atoms with Gasteiger partial charge in [0, 0.05) is 12.2 Å². The molecule has 0 unspecified atom stereocenters. The molecule has 0 N–H and O–H groups in total. The fraction of sp³-hybridized carbons (Fsp3) is 0.846. The van der Waals surface area contributed by atoms with Gasteiger partial charge in [-0.25, -0.2) is 4.98 Å². The molecule has 18 heavy (non-hydrogen) atoms. The molecule has 0 amide bonds. The molecule has 0 radical (unpaired) electrons. The first-order valence-corrected chi connectivity index (χ1v) is 9.23. The van der Waals surface area contributed by atoms with Gasteiger partial charge in [0.2, 0.25) is 0 Å². The van der Waals surface area contributed by atoms with Crippen molar-refractivity contribution < 1.29 is 0 Å². The fourth-order valence-corrected chi connectivity index (χ4v) is 5.05. The molecule has 0 atom stereocenters. The number of hydrogen-bond donors (Lipinski definition) is 1. The Morgan fingerprint density at radius 2 is 2.00 bits per heavy atom. The molecule has 102 valence electrons. The summed E-state index contributed by atoms with van der Waals surface area (Å²) in [5, 5.41) is 0. The van der Waals surface area contributed by atoms with Crippen LogP contribution in [-0.2, 0) is 6.42 Å². The van der Waals surface area contributed by atoms with Crippen molar-refractivity contribution in [3.05, 3.63) is 5.82 Å². The molecule has 1 aliphatic carbocycles. The van der Waals surface area contributed by atoms with Crippen LogP contribution in [0.4, 0.5) is 0 Å². The van der Waals surface area contributed by atoms with Gasteiger partial charge < -0.3 is 0 Å². The number of aromatic nitrogens is 2. The van der Waals surface area contributed by atoms with Gasteiger partial charge in [-0.15, -0.1) is 0 Å². The lowest BCUT2D eigenvalue weighted by atomic mass is 9.84. The Bertz CT molecular complexity index is 357. The third-order valence-electron chi connectivity index (χ3n) is 3.77. The highest BCUT2D eigenvalue weighted by Gasteiger charge is 2.30. The molecular weight excluding hydrogens is 280 g/mol. The van der Waals surface area contributed by atoms with E-state index >= 15 is 0 Å². The number of rotatable bonds is 5. The van der Waals surface area contributed by atoms with E-state index < -0.39 is 0 Å². The van der Waals surface area contributed by atoms with E-state index in [1.165, 1.54) is 38.5 Å². The Kier molecular flexibility index (Phi) is 5.83. The normalized spacial score (nSPS) is 19.7. The molecule has 0 aromatic carbocycles. The first-order valence-electron chi connectivity index (χ1n) is 6.84. The lowest BCUT2D eigenvalue weighted by Gasteiger charge is -2.30. The van der Waals surface area contributed by atoms with E-state index in [1.807, 2.05) is 11.8 Å². The summed E-state index contributed by atoms with van der Waals surface area (Å²) >= 11 is 8.07. The van der Waals surface area contributed by atoms with Crippen molar-refractivity contribution >= 4 is 35.9 Å². The quantitative estimate of drug-likeness (QED) is 0.494. The average Bonchev–Trinajstić information content (AvgIpc) is 2.74. The Hall–Kier alpha value is 0.260. The van der Waals surface area contributed by atoms with Crippen molar-refractivity contribution in [1.82, 2.24) is 9.36 Å². The van der Waals surface area contributed by atoms with E-state index in [4.69, 9.17) is 0 Å². The van der Waals surface area contributed by atoms with E-state index in [0.29, 0.717) is 5.41 Å². The summed E-state index contributed by atoms with van der Waals surface area (Å²) in [5.41, 5.74) is 0.433. The molecule has 1 saturated carbocycles. The molecule has 0 saturated heterocycles. The summed E-state index contributed by atoms with van der Waals surface area (Å²) in [6.45, 7) is 2.11. The van der Waals surface area contributed by atoms with Crippen molar-refractivity contribution in [2.24, 2.45) is 5.41 Å². The molecule has 0 bridgehead atoms. The van der Waals surface area contributed by atoms with Crippen LogP contribution >= 0.6 is 35.9 Å². The van der Waals surface area contributed by atoms with E-state index in [1.54, 1.807) is 11.5 Å². The monoisotopic (exact) mass is 302 g/mol. The van der Waals surface area contributed by atoms with Crippen molar-refractivity contribution in [3.8, 4) is 0 Å². The summed E-state index contributed by atoms with van der Waals surface area (Å²) in [7, 11) is 0. The number of hydrogen-bond acceptors (Lipinski definition) is 5. The predicted octanol–water partition coefficient (Wildman–Crippen LogP) is 4.46. The lowest BCUT2D eigenvalue weighted by Crippen LogP contribution is -2.25. The Morgan fingerprint density at radius 3 is 2.56 bits per heavy atom. The zero-order valence-electron chi connectivity index (χ0n) is 11.0. The largest absolute Gasteiger partial charge is 0.213 e. The molecule has 1 aromatic rings. The zero-order valence-corrected chi connectivity index (χ0v) is 13.5. The first-order chi connectivity index (χ1) is 8.78. The summed E-state index contributed by atoms with van der Waals surface area (Å²) in [5.74, 6) is 3.16. The van der Waals surface area contributed by atoms with Gasteiger partial charge in [0.15, 0.2) is 4.34 Å². The molecule has 1 aliphatic rings. The van der Waals surface area contributed by atoms with Gasteiger partial charge in [-0.05, 0) is 35.5 Å². The second-order valence-electron chi connectivity index (χ2n) is 5.19. The Balaban J connectivity index is 1.93. The van der Waals surface area contributed by atoms with Gasteiger partial charge >= 0.3 is 0 Å². The number of aryl methyl sites for hydroxylation is 1. The highest BCUT2D eigenvalue weighted by atomic mass is 32.2. The van der Waals surface area contributed by atoms with Crippen molar-refractivity contribution in [3.63, 3.8) is 0 Å². The van der Waals surface area contributed by atoms with Crippen LogP contribution in [0.15, 0.2) is 4.34 Å². The molecule has 5 heteroatoms. The van der Waals surface area contributed by atoms with Gasteiger partial charge in [0.05, 0.1) is 0 Å². The van der Waals surface area contributed by atoms with E-state index in [9.17, 15) is 0 Å². The van der Waals surface area contributed by atoms with Crippen LogP contribution in [0.1, 0.15) is 51.3 Å². The highest BCUT2D eigenvalue weighted by molar-refractivity contribution is 8.01. The van der Waals surface area contributed by atoms with Crippen LogP contribution < -0.4 is 0 Å². The number of nitrogens with zero attached hydrogens (tertiary/aromatic N) is 2. The van der Waals surface area contributed by atoms with Gasteiger partial charge in [-0.2, -0.15) is 17.0 Å². The first kappa shape index (κ1) is 14.7. The minimum absolute atomic E-state index is 0.433. The number of thiol groups is 1. The second kappa shape index (κ2) is 7.15. The van der Waals surface area contributed by atoms with Crippen LogP contribution in [0.25, 0.3) is 0 Å². The second-order valence-corrected chi connectivity index (χ2v) is 7.48.